The molecule has 160 valence electrons. The Morgan fingerprint density at radius 1 is 0.966 bits per heavy atom. The Kier molecular flexibility index (Phi) is 10.5. The van der Waals surface area contributed by atoms with Crippen molar-refractivity contribution in [1.82, 2.24) is 9.80 Å². The fourth-order valence-corrected chi connectivity index (χ4v) is 5.03. The van der Waals surface area contributed by atoms with E-state index in [1.807, 2.05) is 36.0 Å². The van der Waals surface area contributed by atoms with Crippen LogP contribution >= 0.6 is 36.6 Å². The van der Waals surface area contributed by atoms with Gasteiger partial charge in [-0.1, -0.05) is 42.5 Å². The van der Waals surface area contributed by atoms with Crippen LogP contribution in [0.5, 0.6) is 0 Å². The van der Waals surface area contributed by atoms with Gasteiger partial charge in [-0.3, -0.25) is 9.69 Å². The van der Waals surface area contributed by atoms with E-state index >= 15 is 0 Å². The summed E-state index contributed by atoms with van der Waals surface area (Å²) in [7, 11) is 2.16. The molecule has 2 atom stereocenters. The van der Waals surface area contributed by atoms with Crippen molar-refractivity contribution < 1.29 is 10.3 Å². The van der Waals surface area contributed by atoms with Gasteiger partial charge in [0.2, 0.25) is 5.91 Å². The molecule has 2 aliphatic rings. The summed E-state index contributed by atoms with van der Waals surface area (Å²) >= 11 is 1.81. The molecule has 1 saturated heterocycles. The molecule has 0 aliphatic carbocycles. The van der Waals surface area contributed by atoms with Gasteiger partial charge in [0.1, 0.15) is 0 Å². The van der Waals surface area contributed by atoms with Gasteiger partial charge in [0.05, 0.1) is 11.6 Å². The van der Waals surface area contributed by atoms with Gasteiger partial charge in [0.15, 0.2) is 0 Å². The van der Waals surface area contributed by atoms with Crippen LogP contribution in [0, 0.1) is 5.92 Å². The van der Waals surface area contributed by atoms with Crippen LogP contribution in [0.25, 0.3) is 0 Å². The molecule has 0 aromatic heterocycles. The molecule has 29 heavy (non-hydrogen) atoms. The third-order valence-electron chi connectivity index (χ3n) is 5.28. The highest BCUT2D eigenvalue weighted by Crippen LogP contribution is 2.46. The number of piperazine rings is 1. The van der Waals surface area contributed by atoms with Crippen LogP contribution in [0.2, 0.25) is 0 Å². The minimum absolute atomic E-state index is 0. The monoisotopic (exact) mass is 457 g/mol. The van der Waals surface area contributed by atoms with Crippen LogP contribution in [0.3, 0.4) is 0 Å². The zero-order valence-corrected chi connectivity index (χ0v) is 18.9. The fourth-order valence-electron chi connectivity index (χ4n) is 3.68. The van der Waals surface area contributed by atoms with Gasteiger partial charge in [-0.05, 0) is 24.7 Å². The lowest BCUT2D eigenvalue weighted by Gasteiger charge is -2.35. The van der Waals surface area contributed by atoms with Crippen LogP contribution in [-0.2, 0) is 4.79 Å². The molecule has 0 bridgehead atoms. The van der Waals surface area contributed by atoms with Crippen LogP contribution in [0.4, 0.5) is 5.69 Å². The van der Waals surface area contributed by atoms with Crippen molar-refractivity contribution in [2.75, 3.05) is 45.1 Å². The summed E-state index contributed by atoms with van der Waals surface area (Å²) in [5.41, 5.74) is 2.16. The summed E-state index contributed by atoms with van der Waals surface area (Å²) in [5.74, 6) is 0.0634. The van der Waals surface area contributed by atoms with Crippen molar-refractivity contribution in [2.45, 2.75) is 10.1 Å². The van der Waals surface area contributed by atoms with Gasteiger partial charge in [0, 0.05) is 42.9 Å². The number of carbonyl (C=O) groups is 1. The molecule has 3 N–H and O–H groups in total. The summed E-state index contributed by atoms with van der Waals surface area (Å²) in [5, 5.41) is 3.30. The molecule has 0 spiro atoms. The zero-order valence-electron chi connectivity index (χ0n) is 16.4. The second-order valence-electron chi connectivity index (χ2n) is 7.14. The number of carbonyl (C=O) groups excluding carboxylic acids is 1. The standard InChI is InChI=1S/C21H25N3OS.2ClH.H2O/c1-23-11-13-24(14-12-23)15-17-20(16-7-3-2-4-8-16)26-19-10-6-5-9-18(19)22-21(17)25;;;/h2-10,17,20H,11-15H2,1H3,(H,22,25);2*1H;1H2/t17-,20+;;;/m1.../s1. The molecule has 0 saturated carbocycles. The molecule has 2 aromatic carbocycles. The van der Waals surface area contributed by atoms with Crippen molar-refractivity contribution in [3.63, 3.8) is 0 Å². The van der Waals surface area contributed by atoms with Crippen molar-refractivity contribution in [2.24, 2.45) is 5.92 Å². The number of anilines is 1. The number of likely N-dealkylation sites (N-methyl/N-ethyl adjacent to an activating group) is 1. The second-order valence-corrected chi connectivity index (χ2v) is 8.33. The molecule has 2 aromatic rings. The van der Waals surface area contributed by atoms with Crippen LogP contribution in [0.1, 0.15) is 10.8 Å². The summed E-state index contributed by atoms with van der Waals surface area (Å²) in [6.07, 6.45) is 0. The Morgan fingerprint density at radius 2 is 1.59 bits per heavy atom. The van der Waals surface area contributed by atoms with E-state index in [0.29, 0.717) is 0 Å². The maximum atomic E-state index is 13.1. The molecule has 1 amide bonds. The Labute approximate surface area is 189 Å². The number of rotatable bonds is 3. The van der Waals surface area contributed by atoms with E-state index in [1.54, 1.807) is 0 Å². The van der Waals surface area contributed by atoms with Crippen molar-refractivity contribution in [3.8, 4) is 0 Å². The molecule has 1 fully saturated rings. The smallest absolute Gasteiger partial charge is 0.230 e. The SMILES string of the molecule is CN1CCN(C[C@H]2C(=O)Nc3ccccc3S[C@H]2c2ccccc2)CC1.Cl.Cl.O. The Morgan fingerprint density at radius 3 is 2.28 bits per heavy atom. The molecular weight excluding hydrogens is 429 g/mol. The van der Waals surface area contributed by atoms with Gasteiger partial charge in [-0.2, -0.15) is 0 Å². The topological polar surface area (TPSA) is 67.1 Å². The number of thioether (sulfide) groups is 1. The number of nitrogens with zero attached hydrogens (tertiary/aromatic N) is 2. The lowest BCUT2D eigenvalue weighted by Crippen LogP contribution is -2.48. The highest BCUT2D eigenvalue weighted by Gasteiger charge is 2.35. The number of hydrogen-bond donors (Lipinski definition) is 1. The first-order chi connectivity index (χ1) is 12.7. The largest absolute Gasteiger partial charge is 0.412 e. The molecule has 0 radical (unpaired) electrons. The minimum atomic E-state index is -0.0711. The number of benzene rings is 2. The predicted octanol–water partition coefficient (Wildman–Crippen LogP) is 3.35. The lowest BCUT2D eigenvalue weighted by molar-refractivity contribution is -0.120. The van der Waals surface area contributed by atoms with E-state index in [9.17, 15) is 4.79 Å². The van der Waals surface area contributed by atoms with E-state index in [1.165, 1.54) is 5.56 Å². The number of hydrogen-bond acceptors (Lipinski definition) is 4. The van der Waals surface area contributed by atoms with Crippen molar-refractivity contribution in [1.29, 1.82) is 0 Å². The second kappa shape index (κ2) is 11.8. The first-order valence-corrected chi connectivity index (χ1v) is 10.1. The Bertz CT molecular complexity index is 774. The first kappa shape index (κ1) is 25.8. The number of nitrogens with one attached hydrogen (secondary N) is 1. The van der Waals surface area contributed by atoms with E-state index < -0.39 is 0 Å². The average molecular weight is 458 g/mol. The molecule has 5 nitrogen and oxygen atoms in total. The van der Waals surface area contributed by atoms with Gasteiger partial charge in [-0.15, -0.1) is 36.6 Å². The summed E-state index contributed by atoms with van der Waals surface area (Å²) < 4.78 is 0. The summed E-state index contributed by atoms with van der Waals surface area (Å²) in [6, 6.07) is 18.6. The summed E-state index contributed by atoms with van der Waals surface area (Å²) in [4.78, 5) is 19.1. The molecule has 2 heterocycles. The van der Waals surface area contributed by atoms with E-state index in [2.05, 4.69) is 52.5 Å². The molecule has 0 unspecified atom stereocenters. The number of fused-ring (bicyclic) bond motifs is 1. The zero-order chi connectivity index (χ0) is 17.9. The average Bonchev–Trinajstić information content (AvgIpc) is 2.81. The fraction of sp³-hybridized carbons (Fsp3) is 0.381. The third-order valence-corrected chi connectivity index (χ3v) is 6.74. The summed E-state index contributed by atoms with van der Waals surface area (Å²) in [6.45, 7) is 4.99. The number of amides is 1. The van der Waals surface area contributed by atoms with Crippen molar-refractivity contribution >= 4 is 48.2 Å². The third kappa shape index (κ3) is 6.10. The molecule has 4 rings (SSSR count). The van der Waals surface area contributed by atoms with E-state index in [-0.39, 0.29) is 47.4 Å². The highest BCUT2D eigenvalue weighted by molar-refractivity contribution is 7.99. The molecule has 2 aliphatic heterocycles. The van der Waals surface area contributed by atoms with Gasteiger partial charge < -0.3 is 15.7 Å². The van der Waals surface area contributed by atoms with E-state index in [4.69, 9.17) is 0 Å². The Hall–Kier alpha value is -1.28. The number of halogens is 2. The van der Waals surface area contributed by atoms with E-state index in [0.717, 1.165) is 43.3 Å². The maximum Gasteiger partial charge on any atom is 0.230 e. The normalized spacial score (nSPS) is 22.0. The lowest BCUT2D eigenvalue weighted by atomic mass is 9.96. The van der Waals surface area contributed by atoms with Crippen LogP contribution in [-0.4, -0.2) is 61.0 Å². The predicted molar refractivity (Wildman–Crippen MR) is 126 cm³/mol. The van der Waals surface area contributed by atoms with Crippen LogP contribution < -0.4 is 5.32 Å². The molecule has 8 heteroatoms. The van der Waals surface area contributed by atoms with Crippen LogP contribution in [0.15, 0.2) is 59.5 Å². The number of para-hydroxylation sites is 1. The first-order valence-electron chi connectivity index (χ1n) is 9.23. The molecular formula is C21H29Cl2N3O2S. The Balaban J connectivity index is 0.00000140. The minimum Gasteiger partial charge on any atom is -0.412 e. The van der Waals surface area contributed by atoms with Gasteiger partial charge >= 0.3 is 0 Å². The highest BCUT2D eigenvalue weighted by atomic mass is 35.5. The van der Waals surface area contributed by atoms with Crippen molar-refractivity contribution in [3.05, 3.63) is 60.2 Å². The van der Waals surface area contributed by atoms with Gasteiger partial charge in [0.25, 0.3) is 0 Å². The maximum absolute atomic E-state index is 13.1. The van der Waals surface area contributed by atoms with Gasteiger partial charge in [-0.25, -0.2) is 0 Å². The quantitative estimate of drug-likeness (QED) is 0.766.